The number of likely N-dealkylation sites (tertiary alicyclic amines) is 1. The van der Waals surface area contributed by atoms with Crippen molar-refractivity contribution in [2.75, 3.05) is 27.2 Å². The summed E-state index contributed by atoms with van der Waals surface area (Å²) in [6, 6.07) is 11.8. The van der Waals surface area contributed by atoms with E-state index < -0.39 is 0 Å². The van der Waals surface area contributed by atoms with E-state index in [1.807, 2.05) is 53.7 Å². The van der Waals surface area contributed by atoms with Gasteiger partial charge in [-0.15, -0.1) is 11.3 Å². The molecule has 158 valence electrons. The third-order valence-electron chi connectivity index (χ3n) is 5.48. The van der Waals surface area contributed by atoms with Crippen molar-refractivity contribution in [3.05, 3.63) is 53.2 Å². The third kappa shape index (κ3) is 4.71. The molecule has 30 heavy (non-hydrogen) atoms. The van der Waals surface area contributed by atoms with Gasteiger partial charge >= 0.3 is 0 Å². The summed E-state index contributed by atoms with van der Waals surface area (Å²) in [4.78, 5) is 22.5. The number of methoxy groups -OCH3 is 1. The van der Waals surface area contributed by atoms with Crippen molar-refractivity contribution >= 4 is 17.2 Å². The lowest BCUT2D eigenvalue weighted by atomic mass is 9.95. The minimum atomic E-state index is 0.0466. The van der Waals surface area contributed by atoms with Gasteiger partial charge in [0.25, 0.3) is 0 Å². The molecule has 1 saturated heterocycles. The van der Waals surface area contributed by atoms with Gasteiger partial charge in [0, 0.05) is 25.1 Å². The fourth-order valence-electron chi connectivity index (χ4n) is 3.83. The second-order valence-corrected chi connectivity index (χ2v) is 8.49. The SMILES string of the molecule is COc1ccccc1CN(C)C(=O)C1CCN(Cc2nc(-c3cccs3)no2)CC1. The predicted molar refractivity (Wildman–Crippen MR) is 115 cm³/mol. The minimum absolute atomic E-state index is 0.0466. The smallest absolute Gasteiger partial charge is 0.241 e. The summed E-state index contributed by atoms with van der Waals surface area (Å²) < 4.78 is 10.8. The number of ether oxygens (including phenoxy) is 1. The van der Waals surface area contributed by atoms with E-state index in [1.165, 1.54) is 0 Å². The van der Waals surface area contributed by atoms with Gasteiger partial charge in [0.1, 0.15) is 5.75 Å². The molecule has 0 atom stereocenters. The van der Waals surface area contributed by atoms with Gasteiger partial charge in [-0.2, -0.15) is 4.98 Å². The highest BCUT2D eigenvalue weighted by atomic mass is 32.1. The van der Waals surface area contributed by atoms with E-state index >= 15 is 0 Å². The zero-order valence-corrected chi connectivity index (χ0v) is 18.1. The van der Waals surface area contributed by atoms with E-state index in [4.69, 9.17) is 9.26 Å². The normalized spacial score (nSPS) is 15.3. The second-order valence-electron chi connectivity index (χ2n) is 7.55. The zero-order chi connectivity index (χ0) is 20.9. The second kappa shape index (κ2) is 9.40. The Morgan fingerprint density at radius 2 is 2.07 bits per heavy atom. The highest BCUT2D eigenvalue weighted by Crippen LogP contribution is 2.25. The number of amides is 1. The topological polar surface area (TPSA) is 71.7 Å². The summed E-state index contributed by atoms with van der Waals surface area (Å²) in [5, 5.41) is 6.07. The monoisotopic (exact) mass is 426 g/mol. The molecule has 0 aliphatic carbocycles. The summed E-state index contributed by atoms with van der Waals surface area (Å²) >= 11 is 1.60. The fourth-order valence-corrected chi connectivity index (χ4v) is 4.48. The van der Waals surface area contributed by atoms with Gasteiger partial charge in [-0.3, -0.25) is 9.69 Å². The largest absolute Gasteiger partial charge is 0.496 e. The van der Waals surface area contributed by atoms with Crippen LogP contribution in [0.25, 0.3) is 10.7 Å². The molecule has 1 aliphatic heterocycles. The van der Waals surface area contributed by atoms with Crippen LogP contribution in [0.15, 0.2) is 46.3 Å². The van der Waals surface area contributed by atoms with Crippen LogP contribution in [-0.2, 0) is 17.9 Å². The maximum Gasteiger partial charge on any atom is 0.241 e. The van der Waals surface area contributed by atoms with E-state index in [-0.39, 0.29) is 11.8 Å². The molecule has 0 bridgehead atoms. The number of carbonyl (C=O) groups excluding carboxylic acids is 1. The van der Waals surface area contributed by atoms with Crippen LogP contribution in [0, 0.1) is 5.92 Å². The molecule has 0 unspecified atom stereocenters. The minimum Gasteiger partial charge on any atom is -0.496 e. The van der Waals surface area contributed by atoms with Crippen LogP contribution in [0.4, 0.5) is 0 Å². The molecule has 0 N–H and O–H groups in total. The fraction of sp³-hybridized carbons (Fsp3) is 0.409. The van der Waals surface area contributed by atoms with Gasteiger partial charge in [0.2, 0.25) is 17.6 Å². The van der Waals surface area contributed by atoms with Crippen molar-refractivity contribution in [1.82, 2.24) is 19.9 Å². The van der Waals surface area contributed by atoms with Crippen LogP contribution in [0.1, 0.15) is 24.3 Å². The number of hydrogen-bond donors (Lipinski definition) is 0. The summed E-state index contributed by atoms with van der Waals surface area (Å²) in [7, 11) is 3.52. The zero-order valence-electron chi connectivity index (χ0n) is 17.3. The Bertz CT molecular complexity index is 964. The van der Waals surface area contributed by atoms with E-state index in [2.05, 4.69) is 15.0 Å². The number of piperidine rings is 1. The quantitative estimate of drug-likeness (QED) is 0.574. The average molecular weight is 427 g/mol. The molecule has 1 aromatic carbocycles. The molecule has 3 aromatic rings. The number of benzene rings is 1. The van der Waals surface area contributed by atoms with Crippen molar-refractivity contribution in [2.45, 2.75) is 25.9 Å². The first kappa shape index (κ1) is 20.6. The first-order valence-electron chi connectivity index (χ1n) is 10.1. The molecule has 2 aromatic heterocycles. The number of carbonyl (C=O) groups is 1. The standard InChI is InChI=1S/C22H26N4O3S/c1-25(14-17-6-3-4-7-18(17)28-2)22(27)16-9-11-26(12-10-16)15-20-23-21(24-29-20)19-8-5-13-30-19/h3-8,13,16H,9-12,14-15H2,1-2H3. The molecule has 4 rings (SSSR count). The first-order valence-corrected chi connectivity index (χ1v) is 11.0. The van der Waals surface area contributed by atoms with Crippen molar-refractivity contribution in [2.24, 2.45) is 5.92 Å². The Morgan fingerprint density at radius 1 is 1.27 bits per heavy atom. The Balaban J connectivity index is 1.28. The Morgan fingerprint density at radius 3 is 2.80 bits per heavy atom. The van der Waals surface area contributed by atoms with Gasteiger partial charge in [-0.25, -0.2) is 0 Å². The van der Waals surface area contributed by atoms with Crippen molar-refractivity contribution in [3.8, 4) is 16.5 Å². The molecule has 1 aliphatic rings. The average Bonchev–Trinajstić information content (AvgIpc) is 3.46. The molecule has 0 saturated carbocycles. The van der Waals surface area contributed by atoms with E-state index in [0.29, 0.717) is 24.8 Å². The summed E-state index contributed by atoms with van der Waals surface area (Å²) in [5.41, 5.74) is 1.02. The number of thiophene rings is 1. The van der Waals surface area contributed by atoms with Crippen LogP contribution in [0.3, 0.4) is 0 Å². The molecular weight excluding hydrogens is 400 g/mol. The highest BCUT2D eigenvalue weighted by Gasteiger charge is 2.28. The molecule has 1 amide bonds. The summed E-state index contributed by atoms with van der Waals surface area (Å²) in [6.45, 7) is 2.86. The lowest BCUT2D eigenvalue weighted by Gasteiger charge is -2.32. The molecule has 0 radical (unpaired) electrons. The Hall–Kier alpha value is -2.71. The predicted octanol–water partition coefficient (Wildman–Crippen LogP) is 3.68. The molecule has 3 heterocycles. The molecule has 0 spiro atoms. The van der Waals surface area contributed by atoms with Crippen LogP contribution in [0.5, 0.6) is 5.75 Å². The van der Waals surface area contributed by atoms with Crippen LogP contribution < -0.4 is 4.74 Å². The van der Waals surface area contributed by atoms with Gasteiger partial charge in [0.15, 0.2) is 0 Å². The van der Waals surface area contributed by atoms with Crippen molar-refractivity contribution in [1.29, 1.82) is 0 Å². The number of hydrogen-bond acceptors (Lipinski definition) is 7. The number of rotatable bonds is 7. The van der Waals surface area contributed by atoms with E-state index in [9.17, 15) is 4.79 Å². The van der Waals surface area contributed by atoms with Crippen LogP contribution in [-0.4, -0.2) is 53.1 Å². The van der Waals surface area contributed by atoms with Crippen LogP contribution in [0.2, 0.25) is 0 Å². The first-order chi connectivity index (χ1) is 14.6. The Labute approximate surface area is 180 Å². The van der Waals surface area contributed by atoms with Crippen molar-refractivity contribution in [3.63, 3.8) is 0 Å². The van der Waals surface area contributed by atoms with Crippen molar-refractivity contribution < 1.29 is 14.1 Å². The number of para-hydroxylation sites is 1. The maximum absolute atomic E-state index is 12.9. The van der Waals surface area contributed by atoms with E-state index in [0.717, 1.165) is 42.1 Å². The number of aromatic nitrogens is 2. The van der Waals surface area contributed by atoms with E-state index in [1.54, 1.807) is 18.4 Å². The van der Waals surface area contributed by atoms with Crippen LogP contribution >= 0.6 is 11.3 Å². The highest BCUT2D eigenvalue weighted by molar-refractivity contribution is 7.13. The summed E-state index contributed by atoms with van der Waals surface area (Å²) in [6.07, 6.45) is 1.67. The van der Waals surface area contributed by atoms with Gasteiger partial charge in [0.05, 0.1) is 18.5 Å². The molecular formula is C22H26N4O3S. The lowest BCUT2D eigenvalue weighted by Crippen LogP contribution is -2.40. The summed E-state index contributed by atoms with van der Waals surface area (Å²) in [5.74, 6) is 2.32. The van der Waals surface area contributed by atoms with Gasteiger partial charge in [-0.1, -0.05) is 29.4 Å². The lowest BCUT2D eigenvalue weighted by molar-refractivity contribution is -0.136. The Kier molecular flexibility index (Phi) is 6.44. The molecule has 1 fully saturated rings. The van der Waals surface area contributed by atoms with Gasteiger partial charge < -0.3 is 14.2 Å². The van der Waals surface area contributed by atoms with Gasteiger partial charge in [-0.05, 0) is 43.4 Å². The number of nitrogens with zero attached hydrogens (tertiary/aromatic N) is 4. The molecule has 8 heteroatoms. The third-order valence-corrected chi connectivity index (χ3v) is 6.35. The maximum atomic E-state index is 12.9. The molecule has 7 nitrogen and oxygen atoms in total.